The molecule has 1 aromatic heterocycles. The minimum Gasteiger partial charge on any atom is -0.464 e. The quantitative estimate of drug-likeness (QED) is 0.0721. The van der Waals surface area contributed by atoms with Crippen molar-refractivity contribution in [3.8, 4) is 0 Å². The number of carbonyl (C=O) groups excluding carboxylic acids is 4. The van der Waals surface area contributed by atoms with Crippen LogP contribution in [-0.4, -0.2) is 80.1 Å². The summed E-state index contributed by atoms with van der Waals surface area (Å²) < 4.78 is 40.6. The summed E-state index contributed by atoms with van der Waals surface area (Å²) in [5.41, 5.74) is 2.81. The number of unbranched alkanes of at least 4 members (excludes halogenated alkanes) is 1. The van der Waals surface area contributed by atoms with Crippen LogP contribution in [0.2, 0.25) is 10.0 Å². The van der Waals surface area contributed by atoms with Crippen LogP contribution in [0, 0.1) is 0 Å². The van der Waals surface area contributed by atoms with Gasteiger partial charge in [-0.25, -0.2) is 13.2 Å². The summed E-state index contributed by atoms with van der Waals surface area (Å²) >= 11 is 13.5. The maximum atomic E-state index is 13.8. The lowest BCUT2D eigenvalue weighted by Gasteiger charge is -2.30. The van der Waals surface area contributed by atoms with Crippen molar-refractivity contribution in [2.45, 2.75) is 67.7 Å². The van der Waals surface area contributed by atoms with Crippen molar-refractivity contribution in [3.05, 3.63) is 98.7 Å². The number of hydrogen-bond donors (Lipinski definition) is 1. The molecule has 2 amide bonds. The van der Waals surface area contributed by atoms with Crippen LogP contribution in [0.25, 0.3) is 11.0 Å². The molecule has 292 valence electrons. The van der Waals surface area contributed by atoms with Crippen LogP contribution in [-0.2, 0) is 48.3 Å². The molecule has 1 saturated heterocycles. The van der Waals surface area contributed by atoms with Gasteiger partial charge in [-0.1, -0.05) is 69.4 Å². The van der Waals surface area contributed by atoms with Crippen molar-refractivity contribution in [2.24, 2.45) is 0 Å². The molecule has 55 heavy (non-hydrogen) atoms. The number of amides is 2. The zero-order valence-corrected chi connectivity index (χ0v) is 34.0. The van der Waals surface area contributed by atoms with E-state index < -0.39 is 27.8 Å². The molecular formula is C39H40Cl2N2O9S3. The number of ether oxygens (including phenoxy) is 2. The highest BCUT2D eigenvalue weighted by molar-refractivity contribution is 8.77. The molecule has 2 atom stereocenters. The van der Waals surface area contributed by atoms with Gasteiger partial charge in [0.15, 0.2) is 9.84 Å². The summed E-state index contributed by atoms with van der Waals surface area (Å²) in [6, 6.07) is 13.4. The van der Waals surface area contributed by atoms with Gasteiger partial charge in [0.2, 0.25) is 0 Å². The first-order valence-corrected chi connectivity index (χ1v) is 22.9. The SMILES string of the molecule is CS(=O)(=O)c1cccc(CC(NC(=O)c2c(Cl)cc3c(c2Cl)CCN(C(=O)c2ccc4ccoc4c2)C3)C(=O)OCCOC(=O)CCCCC2CCSS2)c1. The van der Waals surface area contributed by atoms with Gasteiger partial charge in [-0.2, -0.15) is 0 Å². The van der Waals surface area contributed by atoms with E-state index in [0.29, 0.717) is 52.5 Å². The molecule has 0 saturated carbocycles. The van der Waals surface area contributed by atoms with Gasteiger partial charge in [0.05, 0.1) is 26.8 Å². The molecule has 4 aromatic rings. The lowest BCUT2D eigenvalue weighted by molar-refractivity contribution is -0.153. The molecule has 11 nitrogen and oxygen atoms in total. The van der Waals surface area contributed by atoms with Gasteiger partial charge in [0.25, 0.3) is 11.8 Å². The number of benzene rings is 3. The highest BCUT2D eigenvalue weighted by Crippen LogP contribution is 2.40. The van der Waals surface area contributed by atoms with Crippen molar-refractivity contribution in [1.82, 2.24) is 10.2 Å². The average molecular weight is 848 g/mol. The standard InChI is InChI=1S/C39H40Cl2N2O9S3/c1-55(48,49)29-7-4-5-24(19-29)20-32(39(47)52-17-16-51-34(44)8-3-2-6-28-13-18-53-54-28)42-37(45)35-31(40)21-27-23-43(14-11-30(27)36(35)41)38(46)26-10-9-25-12-15-50-33(25)22-26/h4-5,7,9-10,12,15,19,21-22,28,32H,2-3,6,8,11,13-14,16-18,20,23H2,1H3,(H,42,45). The molecule has 16 heteroatoms. The summed E-state index contributed by atoms with van der Waals surface area (Å²) in [7, 11) is 0.237. The monoisotopic (exact) mass is 846 g/mol. The van der Waals surface area contributed by atoms with Gasteiger partial charge in [0, 0.05) is 54.1 Å². The van der Waals surface area contributed by atoms with Crippen LogP contribution in [0.3, 0.4) is 0 Å². The van der Waals surface area contributed by atoms with E-state index in [-0.39, 0.29) is 65.0 Å². The minimum atomic E-state index is -3.56. The molecule has 0 aliphatic carbocycles. The van der Waals surface area contributed by atoms with E-state index in [9.17, 15) is 27.6 Å². The van der Waals surface area contributed by atoms with Gasteiger partial charge in [-0.05, 0) is 78.8 Å². The topological polar surface area (TPSA) is 149 Å². The number of nitrogens with one attached hydrogen (secondary N) is 1. The fraction of sp³-hybridized carbons (Fsp3) is 0.385. The van der Waals surface area contributed by atoms with Gasteiger partial charge in [-0.3, -0.25) is 14.4 Å². The van der Waals surface area contributed by atoms with Crippen LogP contribution in [0.1, 0.15) is 69.5 Å². The van der Waals surface area contributed by atoms with E-state index in [0.717, 1.165) is 24.5 Å². The summed E-state index contributed by atoms with van der Waals surface area (Å²) in [6.45, 7) is 0.130. The number of sulfone groups is 1. The van der Waals surface area contributed by atoms with E-state index in [1.807, 2.05) is 33.7 Å². The highest BCUT2D eigenvalue weighted by atomic mass is 35.5. The van der Waals surface area contributed by atoms with E-state index in [1.165, 1.54) is 24.3 Å². The zero-order chi connectivity index (χ0) is 39.1. The first-order chi connectivity index (χ1) is 26.4. The van der Waals surface area contributed by atoms with Crippen molar-refractivity contribution >= 4 is 89.3 Å². The second kappa shape index (κ2) is 18.5. The third-order valence-corrected chi connectivity index (χ3v) is 14.3. The number of nitrogens with zero attached hydrogens (tertiary/aromatic N) is 1. The van der Waals surface area contributed by atoms with Gasteiger partial charge in [-0.15, -0.1) is 0 Å². The number of fused-ring (bicyclic) bond motifs is 2. The fourth-order valence-corrected chi connectivity index (χ4v) is 11.0. The Morgan fingerprint density at radius 3 is 2.64 bits per heavy atom. The first-order valence-electron chi connectivity index (χ1n) is 17.8. The summed E-state index contributed by atoms with van der Waals surface area (Å²) in [6.07, 6.45) is 7.04. The lowest BCUT2D eigenvalue weighted by atomic mass is 9.95. The Kier molecular flexibility index (Phi) is 13.8. The molecule has 3 aromatic carbocycles. The third-order valence-electron chi connectivity index (χ3n) is 9.45. The molecule has 1 N–H and O–H groups in total. The van der Waals surface area contributed by atoms with Gasteiger partial charge >= 0.3 is 11.9 Å². The number of rotatable bonds is 15. The first kappa shape index (κ1) is 41.0. The van der Waals surface area contributed by atoms with Crippen molar-refractivity contribution in [1.29, 1.82) is 0 Å². The number of hydrogen-bond acceptors (Lipinski definition) is 11. The van der Waals surface area contributed by atoms with Crippen LogP contribution >= 0.6 is 44.8 Å². The van der Waals surface area contributed by atoms with E-state index >= 15 is 0 Å². The lowest BCUT2D eigenvalue weighted by Crippen LogP contribution is -2.44. The molecule has 6 rings (SSSR count). The van der Waals surface area contributed by atoms with Crippen molar-refractivity contribution in [2.75, 3.05) is 31.8 Å². The summed E-state index contributed by atoms with van der Waals surface area (Å²) in [5.74, 6) is -0.980. The van der Waals surface area contributed by atoms with Crippen LogP contribution in [0.15, 0.2) is 70.2 Å². The minimum absolute atomic E-state index is 0.0199. The molecule has 0 radical (unpaired) electrons. The Morgan fingerprint density at radius 1 is 1.04 bits per heavy atom. The average Bonchev–Trinajstić information content (AvgIpc) is 3.86. The summed E-state index contributed by atoms with van der Waals surface area (Å²) in [5, 5.41) is 4.33. The largest absolute Gasteiger partial charge is 0.464 e. The zero-order valence-electron chi connectivity index (χ0n) is 30.0. The number of furan rings is 1. The van der Waals surface area contributed by atoms with Crippen LogP contribution < -0.4 is 5.32 Å². The number of esters is 2. The molecular weight excluding hydrogens is 808 g/mol. The van der Waals surface area contributed by atoms with E-state index in [4.69, 9.17) is 37.1 Å². The molecule has 3 heterocycles. The predicted molar refractivity (Wildman–Crippen MR) is 214 cm³/mol. The molecule has 0 bridgehead atoms. The maximum absolute atomic E-state index is 13.8. The second-order valence-corrected chi connectivity index (χ2v) is 19.0. The third kappa shape index (κ3) is 10.6. The normalized spacial score (nSPS) is 16.1. The number of carbonyl (C=O) groups is 4. The Morgan fingerprint density at radius 2 is 1.85 bits per heavy atom. The molecule has 1 fully saturated rings. The van der Waals surface area contributed by atoms with Gasteiger partial charge in [0.1, 0.15) is 24.8 Å². The van der Waals surface area contributed by atoms with Crippen molar-refractivity contribution in [3.63, 3.8) is 0 Å². The number of halogens is 2. The second-order valence-electron chi connectivity index (χ2n) is 13.4. The molecule has 2 unspecified atom stereocenters. The van der Waals surface area contributed by atoms with Crippen molar-refractivity contribution < 1.29 is 41.5 Å². The Labute approximate surface area is 337 Å². The summed E-state index contributed by atoms with van der Waals surface area (Å²) in [4.78, 5) is 54.7. The van der Waals surface area contributed by atoms with Crippen LogP contribution in [0.5, 0.6) is 0 Å². The van der Waals surface area contributed by atoms with E-state index in [2.05, 4.69) is 5.32 Å². The predicted octanol–water partition coefficient (Wildman–Crippen LogP) is 7.48. The molecule has 0 spiro atoms. The Bertz CT molecular complexity index is 2190. The molecule has 2 aliphatic heterocycles. The fourth-order valence-electron chi connectivity index (χ4n) is 6.54. The maximum Gasteiger partial charge on any atom is 0.329 e. The van der Waals surface area contributed by atoms with Gasteiger partial charge < -0.3 is 24.1 Å². The van der Waals surface area contributed by atoms with E-state index in [1.54, 1.807) is 41.5 Å². The highest BCUT2D eigenvalue weighted by Gasteiger charge is 2.31. The smallest absolute Gasteiger partial charge is 0.329 e. The Balaban J connectivity index is 1.11. The van der Waals surface area contributed by atoms with Crippen LogP contribution in [0.4, 0.5) is 0 Å². The molecule has 2 aliphatic rings. The Hall–Kier alpha value is -3.69.